The van der Waals surface area contributed by atoms with Crippen molar-refractivity contribution in [3.05, 3.63) is 42.7 Å². The average Bonchev–Trinajstić information content (AvgIpc) is 3.46. The van der Waals surface area contributed by atoms with Crippen LogP contribution in [-0.4, -0.2) is 64.5 Å². The van der Waals surface area contributed by atoms with E-state index in [0.29, 0.717) is 0 Å². The SMILES string of the molecule is c1ccc(-c2cc3c(Sc4nnc(NCCCN5CCOCC5)s4)ncnc3s2)cc1. The molecule has 1 saturated heterocycles. The van der Waals surface area contributed by atoms with Crippen LogP contribution in [0.5, 0.6) is 0 Å². The predicted molar refractivity (Wildman–Crippen MR) is 127 cm³/mol. The summed E-state index contributed by atoms with van der Waals surface area (Å²) >= 11 is 4.80. The number of ether oxygens (including phenoxy) is 1. The van der Waals surface area contributed by atoms with Crippen LogP contribution < -0.4 is 5.32 Å². The van der Waals surface area contributed by atoms with Crippen LogP contribution in [0.1, 0.15) is 6.42 Å². The van der Waals surface area contributed by atoms with Crippen LogP contribution in [-0.2, 0) is 4.74 Å². The van der Waals surface area contributed by atoms with E-state index in [1.807, 2.05) is 6.07 Å². The van der Waals surface area contributed by atoms with Crippen LogP contribution in [0, 0.1) is 0 Å². The minimum atomic E-state index is 0.845. The molecule has 7 nitrogen and oxygen atoms in total. The highest BCUT2D eigenvalue weighted by Gasteiger charge is 2.14. The van der Waals surface area contributed by atoms with E-state index in [-0.39, 0.29) is 0 Å². The van der Waals surface area contributed by atoms with E-state index < -0.39 is 0 Å². The smallest absolute Gasteiger partial charge is 0.206 e. The molecule has 10 heteroatoms. The number of anilines is 1. The monoisotopic (exact) mass is 470 g/mol. The Labute approximate surface area is 192 Å². The first-order valence-corrected chi connectivity index (χ1v) is 12.7. The molecule has 1 aliphatic heterocycles. The van der Waals surface area contributed by atoms with Crippen LogP contribution in [0.4, 0.5) is 5.13 Å². The van der Waals surface area contributed by atoms with Crippen molar-refractivity contribution in [1.29, 1.82) is 0 Å². The number of fused-ring (bicyclic) bond motifs is 1. The first-order chi connectivity index (χ1) is 15.3. The van der Waals surface area contributed by atoms with Crippen molar-refractivity contribution in [2.45, 2.75) is 15.8 Å². The number of rotatable bonds is 8. The lowest BCUT2D eigenvalue weighted by Crippen LogP contribution is -2.37. The second-order valence-corrected chi connectivity index (χ2v) is 10.3. The molecule has 1 N–H and O–H groups in total. The highest BCUT2D eigenvalue weighted by Crippen LogP contribution is 2.39. The van der Waals surface area contributed by atoms with E-state index in [0.717, 1.165) is 70.5 Å². The van der Waals surface area contributed by atoms with Gasteiger partial charge in [0, 0.05) is 29.9 Å². The van der Waals surface area contributed by atoms with Crippen molar-refractivity contribution in [1.82, 2.24) is 25.1 Å². The lowest BCUT2D eigenvalue weighted by Gasteiger charge is -2.26. The molecule has 31 heavy (non-hydrogen) atoms. The quantitative estimate of drug-likeness (QED) is 0.298. The summed E-state index contributed by atoms with van der Waals surface area (Å²) < 4.78 is 6.27. The van der Waals surface area contributed by atoms with Crippen LogP contribution >= 0.6 is 34.4 Å². The van der Waals surface area contributed by atoms with E-state index in [2.05, 4.69) is 60.7 Å². The van der Waals surface area contributed by atoms with Gasteiger partial charge in [0.2, 0.25) is 5.13 Å². The number of nitrogens with zero attached hydrogens (tertiary/aromatic N) is 5. The van der Waals surface area contributed by atoms with Gasteiger partial charge in [-0.2, -0.15) is 0 Å². The minimum Gasteiger partial charge on any atom is -0.379 e. The number of benzene rings is 1. The Balaban J connectivity index is 1.21. The molecule has 0 radical (unpaired) electrons. The molecule has 0 saturated carbocycles. The predicted octanol–water partition coefficient (Wildman–Crippen LogP) is 4.50. The van der Waals surface area contributed by atoms with Crippen LogP contribution in [0.15, 0.2) is 52.1 Å². The summed E-state index contributed by atoms with van der Waals surface area (Å²) in [4.78, 5) is 13.6. The largest absolute Gasteiger partial charge is 0.379 e. The van der Waals surface area contributed by atoms with Gasteiger partial charge in [-0.25, -0.2) is 9.97 Å². The summed E-state index contributed by atoms with van der Waals surface area (Å²) in [5.74, 6) is 0. The number of thiophene rings is 1. The highest BCUT2D eigenvalue weighted by atomic mass is 32.2. The summed E-state index contributed by atoms with van der Waals surface area (Å²) in [5, 5.41) is 14.9. The molecule has 1 aromatic carbocycles. The molecule has 0 aliphatic carbocycles. The third-order valence-electron chi connectivity index (χ3n) is 4.97. The Morgan fingerprint density at radius 2 is 1.94 bits per heavy atom. The van der Waals surface area contributed by atoms with Crippen LogP contribution in [0.25, 0.3) is 20.7 Å². The number of nitrogens with one attached hydrogen (secondary N) is 1. The molecule has 5 rings (SSSR count). The molecule has 4 heterocycles. The van der Waals surface area contributed by atoms with Gasteiger partial charge in [0.15, 0.2) is 4.34 Å². The lowest BCUT2D eigenvalue weighted by molar-refractivity contribution is 0.0378. The fourth-order valence-electron chi connectivity index (χ4n) is 3.39. The summed E-state index contributed by atoms with van der Waals surface area (Å²) in [5.41, 5.74) is 1.20. The molecule has 0 spiro atoms. The van der Waals surface area contributed by atoms with E-state index in [1.54, 1.807) is 40.8 Å². The first-order valence-electron chi connectivity index (χ1n) is 10.2. The molecule has 1 fully saturated rings. The standard InChI is InChI=1S/C21H22N6OS3/c1-2-5-15(6-3-1)17-13-16-18(29-17)23-14-24-19(16)30-21-26-25-20(31-21)22-7-4-8-27-9-11-28-12-10-27/h1-3,5-6,13-14H,4,7-12H2,(H,22,25). The van der Waals surface area contributed by atoms with E-state index in [1.165, 1.54) is 10.4 Å². The molecule has 0 atom stereocenters. The van der Waals surface area contributed by atoms with Crippen molar-refractivity contribution in [3.63, 3.8) is 0 Å². The minimum absolute atomic E-state index is 0.845. The van der Waals surface area contributed by atoms with Crippen molar-refractivity contribution in [2.75, 3.05) is 44.7 Å². The zero-order valence-electron chi connectivity index (χ0n) is 16.9. The fraction of sp³-hybridized carbons (Fsp3) is 0.333. The molecule has 3 aromatic heterocycles. The maximum atomic E-state index is 5.39. The summed E-state index contributed by atoms with van der Waals surface area (Å²) in [7, 11) is 0. The summed E-state index contributed by atoms with van der Waals surface area (Å²) in [6.07, 6.45) is 2.70. The molecule has 0 unspecified atom stereocenters. The number of hydrogen-bond acceptors (Lipinski definition) is 10. The summed E-state index contributed by atoms with van der Waals surface area (Å²) in [6.45, 7) is 5.72. The molecular weight excluding hydrogens is 448 g/mol. The van der Waals surface area contributed by atoms with Crippen LogP contribution in [0.2, 0.25) is 0 Å². The normalized spacial score (nSPS) is 14.8. The lowest BCUT2D eigenvalue weighted by atomic mass is 10.2. The van der Waals surface area contributed by atoms with Gasteiger partial charge >= 0.3 is 0 Å². The maximum absolute atomic E-state index is 5.39. The fourth-order valence-corrected chi connectivity index (χ4v) is 6.21. The first kappa shape index (κ1) is 20.8. The van der Waals surface area contributed by atoms with Crippen molar-refractivity contribution in [3.8, 4) is 10.4 Å². The van der Waals surface area contributed by atoms with Crippen LogP contribution in [0.3, 0.4) is 0 Å². The molecular formula is C21H22N6OS3. The van der Waals surface area contributed by atoms with Crippen molar-refractivity contribution >= 4 is 49.8 Å². The zero-order chi connectivity index (χ0) is 20.9. The average molecular weight is 471 g/mol. The van der Waals surface area contributed by atoms with Gasteiger partial charge in [-0.1, -0.05) is 41.7 Å². The Bertz CT molecular complexity index is 1130. The molecule has 4 aromatic rings. The Morgan fingerprint density at radius 3 is 2.81 bits per heavy atom. The van der Waals surface area contributed by atoms with Gasteiger partial charge in [0.1, 0.15) is 16.2 Å². The molecule has 0 bridgehead atoms. The van der Waals surface area contributed by atoms with Crippen molar-refractivity contribution in [2.24, 2.45) is 0 Å². The van der Waals surface area contributed by atoms with Gasteiger partial charge in [-0.3, -0.25) is 4.90 Å². The molecule has 160 valence electrons. The van der Waals surface area contributed by atoms with Gasteiger partial charge in [-0.15, -0.1) is 21.5 Å². The van der Waals surface area contributed by atoms with Gasteiger partial charge in [0.25, 0.3) is 0 Å². The van der Waals surface area contributed by atoms with E-state index in [9.17, 15) is 0 Å². The number of hydrogen-bond donors (Lipinski definition) is 1. The topological polar surface area (TPSA) is 76.1 Å². The third-order valence-corrected chi connectivity index (χ3v) is 8.02. The van der Waals surface area contributed by atoms with E-state index in [4.69, 9.17) is 4.74 Å². The number of aromatic nitrogens is 4. The van der Waals surface area contributed by atoms with Gasteiger partial charge in [-0.05, 0) is 36.4 Å². The summed E-state index contributed by atoms with van der Waals surface area (Å²) in [6, 6.07) is 12.5. The third kappa shape index (κ3) is 5.21. The van der Waals surface area contributed by atoms with Crippen molar-refractivity contribution < 1.29 is 4.74 Å². The highest BCUT2D eigenvalue weighted by molar-refractivity contribution is 8.01. The van der Waals surface area contributed by atoms with Gasteiger partial charge < -0.3 is 10.1 Å². The second-order valence-electron chi connectivity index (χ2n) is 7.08. The second kappa shape index (κ2) is 10.0. The molecule has 1 aliphatic rings. The van der Waals surface area contributed by atoms with Gasteiger partial charge in [0.05, 0.1) is 13.2 Å². The zero-order valence-corrected chi connectivity index (χ0v) is 19.3. The Hall–Kier alpha value is -2.11. The Morgan fingerprint density at radius 1 is 1.06 bits per heavy atom. The maximum Gasteiger partial charge on any atom is 0.206 e. The number of morpholine rings is 1. The Kier molecular flexibility index (Phi) is 6.71. The molecule has 0 amide bonds. The van der Waals surface area contributed by atoms with E-state index >= 15 is 0 Å².